The van der Waals surface area contributed by atoms with E-state index in [1.54, 1.807) is 0 Å². The van der Waals surface area contributed by atoms with Crippen molar-refractivity contribution in [2.45, 2.75) is 12.3 Å². The minimum atomic E-state index is -0.0667. The molecule has 2 aromatic rings. The molecule has 1 aliphatic rings. The van der Waals surface area contributed by atoms with E-state index in [1.807, 2.05) is 48.5 Å². The Balaban J connectivity index is 0.00000161. The molecular formula is C17H19ClN2O. The zero-order valence-electron chi connectivity index (χ0n) is 11.7. The van der Waals surface area contributed by atoms with Gasteiger partial charge in [-0.15, -0.1) is 12.4 Å². The van der Waals surface area contributed by atoms with Crippen molar-refractivity contribution in [3.63, 3.8) is 0 Å². The Hall–Kier alpha value is -1.84. The first kappa shape index (κ1) is 15.5. The zero-order valence-corrected chi connectivity index (χ0v) is 12.5. The Morgan fingerprint density at radius 2 is 1.76 bits per heavy atom. The van der Waals surface area contributed by atoms with Crippen molar-refractivity contribution in [1.82, 2.24) is 0 Å². The normalized spacial score (nSPS) is 19.5. The molecule has 0 radical (unpaired) electrons. The first-order valence-electron chi connectivity index (χ1n) is 6.95. The molecule has 110 valence electrons. The molecule has 0 heterocycles. The lowest BCUT2D eigenvalue weighted by atomic mass is 10.1. The van der Waals surface area contributed by atoms with Crippen LogP contribution < -0.4 is 11.1 Å². The minimum absolute atomic E-state index is 0. The Labute approximate surface area is 131 Å². The number of hydrogen-bond donors (Lipinski definition) is 2. The summed E-state index contributed by atoms with van der Waals surface area (Å²) < 4.78 is 0. The van der Waals surface area contributed by atoms with Gasteiger partial charge in [0.2, 0.25) is 0 Å². The fourth-order valence-electron chi connectivity index (χ4n) is 2.61. The average Bonchev–Trinajstić information content (AvgIpc) is 3.28. The molecule has 3 nitrogen and oxygen atoms in total. The van der Waals surface area contributed by atoms with Crippen LogP contribution in [-0.2, 0) is 0 Å². The van der Waals surface area contributed by atoms with E-state index in [0.29, 0.717) is 23.9 Å². The number of para-hydroxylation sites is 1. The number of rotatable bonds is 4. The molecule has 21 heavy (non-hydrogen) atoms. The number of halogens is 1. The Morgan fingerprint density at radius 3 is 2.43 bits per heavy atom. The summed E-state index contributed by atoms with van der Waals surface area (Å²) in [7, 11) is 0. The van der Waals surface area contributed by atoms with Crippen LogP contribution in [0.5, 0.6) is 0 Å². The number of nitrogens with two attached hydrogens (primary N) is 1. The molecule has 0 aliphatic heterocycles. The first-order valence-corrected chi connectivity index (χ1v) is 6.95. The zero-order chi connectivity index (χ0) is 13.9. The van der Waals surface area contributed by atoms with Crippen molar-refractivity contribution < 1.29 is 4.79 Å². The number of hydrogen-bond acceptors (Lipinski definition) is 2. The molecule has 3 N–H and O–H groups in total. The third-order valence-corrected chi connectivity index (χ3v) is 3.87. The van der Waals surface area contributed by atoms with Gasteiger partial charge in [0.05, 0.1) is 0 Å². The summed E-state index contributed by atoms with van der Waals surface area (Å²) in [4.78, 5) is 12.2. The number of carbonyl (C=O) groups excluding carboxylic acids is 1. The number of nitrogens with one attached hydrogen (secondary N) is 1. The molecule has 0 aromatic heterocycles. The smallest absolute Gasteiger partial charge is 0.255 e. The minimum Gasteiger partial charge on any atom is -0.330 e. The first-order chi connectivity index (χ1) is 9.79. The van der Waals surface area contributed by atoms with Crippen LogP contribution >= 0.6 is 12.4 Å². The van der Waals surface area contributed by atoms with Crippen molar-refractivity contribution in [3.8, 4) is 0 Å². The highest BCUT2D eigenvalue weighted by Crippen LogP contribution is 2.49. The van der Waals surface area contributed by atoms with Crippen LogP contribution in [0.25, 0.3) is 0 Å². The van der Waals surface area contributed by atoms with Gasteiger partial charge in [-0.3, -0.25) is 4.79 Å². The van der Waals surface area contributed by atoms with Crippen LogP contribution in [-0.4, -0.2) is 12.5 Å². The average molecular weight is 303 g/mol. The van der Waals surface area contributed by atoms with Gasteiger partial charge in [0.25, 0.3) is 5.91 Å². The predicted octanol–water partition coefficient (Wildman–Crippen LogP) is 3.42. The largest absolute Gasteiger partial charge is 0.330 e. The maximum atomic E-state index is 12.2. The summed E-state index contributed by atoms with van der Waals surface area (Å²) in [6.45, 7) is 0.714. The standard InChI is InChI=1S/C17H18N2O.ClH/c18-11-13-10-15(13)14-8-4-5-9-16(14)19-17(20)12-6-2-1-3-7-12;/h1-9,13,15H,10-11,18H2,(H,19,20);1H. The molecule has 0 saturated heterocycles. The molecule has 1 aliphatic carbocycles. The van der Waals surface area contributed by atoms with Gasteiger partial charge in [0, 0.05) is 11.3 Å². The van der Waals surface area contributed by atoms with Gasteiger partial charge in [-0.25, -0.2) is 0 Å². The second kappa shape index (κ2) is 6.74. The van der Waals surface area contributed by atoms with Gasteiger partial charge in [-0.05, 0) is 48.6 Å². The van der Waals surface area contributed by atoms with Gasteiger partial charge in [0.1, 0.15) is 0 Å². The lowest BCUT2D eigenvalue weighted by Gasteiger charge is -2.11. The Morgan fingerprint density at radius 1 is 1.10 bits per heavy atom. The van der Waals surface area contributed by atoms with Crippen molar-refractivity contribution in [2.75, 3.05) is 11.9 Å². The van der Waals surface area contributed by atoms with Crippen LogP contribution in [0.2, 0.25) is 0 Å². The summed E-state index contributed by atoms with van der Waals surface area (Å²) in [6.07, 6.45) is 1.12. The van der Waals surface area contributed by atoms with Crippen molar-refractivity contribution in [2.24, 2.45) is 11.7 Å². The van der Waals surface area contributed by atoms with Crippen LogP contribution in [0.3, 0.4) is 0 Å². The Bertz CT molecular complexity index is 615. The summed E-state index contributed by atoms with van der Waals surface area (Å²) in [5, 5.41) is 3.01. The van der Waals surface area contributed by atoms with Crippen molar-refractivity contribution >= 4 is 24.0 Å². The topological polar surface area (TPSA) is 55.1 Å². The molecule has 0 spiro atoms. The molecule has 2 atom stereocenters. The second-order valence-electron chi connectivity index (χ2n) is 5.25. The van der Waals surface area contributed by atoms with E-state index in [-0.39, 0.29) is 18.3 Å². The van der Waals surface area contributed by atoms with E-state index in [1.165, 1.54) is 5.56 Å². The van der Waals surface area contributed by atoms with Crippen LogP contribution in [0, 0.1) is 5.92 Å². The highest BCUT2D eigenvalue weighted by molar-refractivity contribution is 6.04. The predicted molar refractivity (Wildman–Crippen MR) is 88.0 cm³/mol. The van der Waals surface area contributed by atoms with E-state index in [4.69, 9.17) is 5.73 Å². The van der Waals surface area contributed by atoms with Gasteiger partial charge in [-0.2, -0.15) is 0 Å². The van der Waals surface area contributed by atoms with Crippen molar-refractivity contribution in [3.05, 3.63) is 65.7 Å². The molecule has 1 amide bonds. The summed E-state index contributed by atoms with van der Waals surface area (Å²) >= 11 is 0. The molecule has 2 aromatic carbocycles. The van der Waals surface area contributed by atoms with Crippen molar-refractivity contribution in [1.29, 1.82) is 0 Å². The number of amides is 1. The monoisotopic (exact) mass is 302 g/mol. The van der Waals surface area contributed by atoms with Crippen LogP contribution in [0.15, 0.2) is 54.6 Å². The lowest BCUT2D eigenvalue weighted by Crippen LogP contribution is -2.13. The van der Waals surface area contributed by atoms with E-state index in [9.17, 15) is 4.79 Å². The van der Waals surface area contributed by atoms with Gasteiger partial charge < -0.3 is 11.1 Å². The number of anilines is 1. The van der Waals surface area contributed by atoms with E-state index in [0.717, 1.165) is 12.1 Å². The van der Waals surface area contributed by atoms with Crippen LogP contribution in [0.4, 0.5) is 5.69 Å². The van der Waals surface area contributed by atoms with E-state index < -0.39 is 0 Å². The maximum absolute atomic E-state index is 12.2. The molecular weight excluding hydrogens is 284 g/mol. The molecule has 4 heteroatoms. The third kappa shape index (κ3) is 3.43. The fourth-order valence-corrected chi connectivity index (χ4v) is 2.61. The van der Waals surface area contributed by atoms with Gasteiger partial charge >= 0.3 is 0 Å². The molecule has 3 rings (SSSR count). The Kier molecular flexibility index (Phi) is 4.99. The maximum Gasteiger partial charge on any atom is 0.255 e. The lowest BCUT2D eigenvalue weighted by molar-refractivity contribution is 0.102. The molecule has 2 unspecified atom stereocenters. The quantitative estimate of drug-likeness (QED) is 0.909. The third-order valence-electron chi connectivity index (χ3n) is 3.87. The highest BCUT2D eigenvalue weighted by atomic mass is 35.5. The number of carbonyl (C=O) groups is 1. The highest BCUT2D eigenvalue weighted by Gasteiger charge is 2.38. The fraction of sp³-hybridized carbons (Fsp3) is 0.235. The molecule has 0 bridgehead atoms. The summed E-state index contributed by atoms with van der Waals surface area (Å²) in [5.74, 6) is 0.986. The van der Waals surface area contributed by atoms with Gasteiger partial charge in [0.15, 0.2) is 0 Å². The molecule has 1 saturated carbocycles. The summed E-state index contributed by atoms with van der Waals surface area (Å²) in [5.41, 5.74) is 8.50. The van der Waals surface area contributed by atoms with E-state index in [2.05, 4.69) is 11.4 Å². The molecule has 1 fully saturated rings. The summed E-state index contributed by atoms with van der Waals surface area (Å²) in [6, 6.07) is 17.3. The SMILES string of the molecule is Cl.NCC1CC1c1ccccc1NC(=O)c1ccccc1. The second-order valence-corrected chi connectivity index (χ2v) is 5.25. The number of benzene rings is 2. The van der Waals surface area contributed by atoms with Crippen LogP contribution in [0.1, 0.15) is 28.3 Å². The van der Waals surface area contributed by atoms with Gasteiger partial charge in [-0.1, -0.05) is 36.4 Å². The van der Waals surface area contributed by atoms with E-state index >= 15 is 0 Å².